The van der Waals surface area contributed by atoms with Crippen LogP contribution in [0.5, 0.6) is 5.75 Å². The zero-order valence-electron chi connectivity index (χ0n) is 17.1. The molecule has 0 bridgehead atoms. The minimum absolute atomic E-state index is 0.263. The molecule has 0 N–H and O–H groups in total. The number of benzene rings is 3. The average Bonchev–Trinajstić information content (AvgIpc) is 2.80. The second kappa shape index (κ2) is 10.2. The molecule has 31 heavy (non-hydrogen) atoms. The number of nitrogens with zero attached hydrogens (tertiary/aromatic N) is 2. The van der Waals surface area contributed by atoms with Gasteiger partial charge in [0.15, 0.2) is 0 Å². The molecular formula is C25H24ClFN2OS. The maximum absolute atomic E-state index is 13.0. The van der Waals surface area contributed by atoms with E-state index in [0.29, 0.717) is 17.4 Å². The minimum atomic E-state index is -0.263. The van der Waals surface area contributed by atoms with E-state index >= 15 is 0 Å². The highest BCUT2D eigenvalue weighted by atomic mass is 35.5. The summed E-state index contributed by atoms with van der Waals surface area (Å²) >= 11 is 12.2. The van der Waals surface area contributed by atoms with E-state index in [1.165, 1.54) is 17.7 Å². The second-order valence-electron chi connectivity index (χ2n) is 7.61. The highest BCUT2D eigenvalue weighted by Gasteiger charge is 2.20. The fourth-order valence-corrected chi connectivity index (χ4v) is 4.17. The zero-order valence-corrected chi connectivity index (χ0v) is 18.7. The summed E-state index contributed by atoms with van der Waals surface area (Å²) in [5, 5.41) is 0.518. The van der Waals surface area contributed by atoms with E-state index in [1.54, 1.807) is 12.1 Å². The summed E-state index contributed by atoms with van der Waals surface area (Å²) in [7, 11) is 0. The summed E-state index contributed by atoms with van der Waals surface area (Å²) < 4.78 is 18.8. The third-order valence-corrected chi connectivity index (χ3v) is 6.18. The van der Waals surface area contributed by atoms with Crippen molar-refractivity contribution >= 4 is 28.8 Å². The summed E-state index contributed by atoms with van der Waals surface area (Å²) in [6.45, 7) is 5.03. The van der Waals surface area contributed by atoms with Gasteiger partial charge in [-0.05, 0) is 41.5 Å². The number of hydrogen-bond donors (Lipinski definition) is 0. The Hall–Kier alpha value is -2.47. The molecule has 1 aliphatic heterocycles. The molecule has 0 unspecified atom stereocenters. The molecule has 1 fully saturated rings. The lowest BCUT2D eigenvalue weighted by atomic mass is 10.1. The number of ether oxygens (including phenoxy) is 1. The molecule has 0 atom stereocenters. The normalized spacial score (nSPS) is 14.5. The Kier molecular flexibility index (Phi) is 7.17. The molecule has 6 heteroatoms. The van der Waals surface area contributed by atoms with Crippen LogP contribution in [0.1, 0.15) is 16.7 Å². The Bertz CT molecular complexity index is 1020. The van der Waals surface area contributed by atoms with Crippen LogP contribution in [-0.2, 0) is 13.2 Å². The smallest absolute Gasteiger partial charge is 0.138 e. The van der Waals surface area contributed by atoms with Gasteiger partial charge in [-0.15, -0.1) is 0 Å². The Morgan fingerprint density at radius 2 is 1.61 bits per heavy atom. The van der Waals surface area contributed by atoms with E-state index in [1.807, 2.05) is 24.3 Å². The van der Waals surface area contributed by atoms with Crippen LogP contribution in [0, 0.1) is 5.82 Å². The molecule has 1 aliphatic rings. The Morgan fingerprint density at radius 1 is 0.903 bits per heavy atom. The topological polar surface area (TPSA) is 15.7 Å². The first-order valence-electron chi connectivity index (χ1n) is 10.3. The molecule has 1 heterocycles. The minimum Gasteiger partial charge on any atom is -0.487 e. The van der Waals surface area contributed by atoms with Crippen molar-refractivity contribution in [3.05, 3.63) is 100 Å². The van der Waals surface area contributed by atoms with E-state index in [9.17, 15) is 4.39 Å². The lowest BCUT2D eigenvalue weighted by molar-refractivity contribution is 0.177. The number of piperazine rings is 1. The van der Waals surface area contributed by atoms with Crippen molar-refractivity contribution < 1.29 is 9.13 Å². The van der Waals surface area contributed by atoms with Gasteiger partial charge in [-0.2, -0.15) is 0 Å². The van der Waals surface area contributed by atoms with E-state index in [4.69, 9.17) is 28.6 Å². The molecule has 3 aromatic rings. The maximum Gasteiger partial charge on any atom is 0.138 e. The first-order valence-corrected chi connectivity index (χ1v) is 11.1. The molecule has 3 aromatic carbocycles. The number of hydrogen-bond acceptors (Lipinski definition) is 3. The van der Waals surface area contributed by atoms with Gasteiger partial charge in [0.05, 0.1) is 5.02 Å². The van der Waals surface area contributed by atoms with Crippen molar-refractivity contribution in [2.24, 2.45) is 0 Å². The highest BCUT2D eigenvalue weighted by Crippen LogP contribution is 2.27. The van der Waals surface area contributed by atoms with E-state index in [0.717, 1.165) is 48.8 Å². The van der Waals surface area contributed by atoms with Crippen molar-refractivity contribution in [2.45, 2.75) is 13.2 Å². The zero-order chi connectivity index (χ0) is 21.6. The molecule has 0 aliphatic carbocycles. The third kappa shape index (κ3) is 5.82. The quantitative estimate of drug-likeness (QED) is 0.453. The van der Waals surface area contributed by atoms with Crippen LogP contribution in [0.25, 0.3) is 0 Å². The van der Waals surface area contributed by atoms with Crippen LogP contribution >= 0.6 is 23.8 Å². The van der Waals surface area contributed by atoms with Crippen LogP contribution in [0.15, 0.2) is 72.8 Å². The molecule has 3 nitrogen and oxygen atoms in total. The van der Waals surface area contributed by atoms with Gasteiger partial charge in [-0.25, -0.2) is 4.39 Å². The summed E-state index contributed by atoms with van der Waals surface area (Å²) in [5.74, 6) is 0.325. The average molecular weight is 455 g/mol. The number of halogens is 2. The van der Waals surface area contributed by atoms with E-state index in [2.05, 4.69) is 34.1 Å². The molecule has 0 aromatic heterocycles. The predicted octanol–water partition coefficient (Wildman–Crippen LogP) is 5.55. The van der Waals surface area contributed by atoms with Gasteiger partial charge in [0.25, 0.3) is 0 Å². The third-order valence-electron chi connectivity index (χ3n) is 5.39. The molecule has 0 radical (unpaired) electrons. The first kappa shape index (κ1) is 21.8. The maximum atomic E-state index is 13.0. The van der Waals surface area contributed by atoms with Gasteiger partial charge >= 0.3 is 0 Å². The standard InChI is InChI=1S/C25H24ClFN2OS/c26-23-16-21(8-11-24(23)30-18-20-6-9-22(27)10-7-20)25(31)29-14-12-28(13-15-29)17-19-4-2-1-3-5-19/h1-11,16H,12-15,17-18H2. The summed E-state index contributed by atoms with van der Waals surface area (Å²) in [6, 6.07) is 22.4. The van der Waals surface area contributed by atoms with Gasteiger partial charge in [0, 0.05) is 38.3 Å². The van der Waals surface area contributed by atoms with Crippen molar-refractivity contribution in [1.29, 1.82) is 0 Å². The van der Waals surface area contributed by atoms with Crippen LogP contribution in [0.2, 0.25) is 5.02 Å². The van der Waals surface area contributed by atoms with Gasteiger partial charge in [0.1, 0.15) is 23.2 Å². The van der Waals surface area contributed by atoms with Crippen LogP contribution in [0.4, 0.5) is 4.39 Å². The van der Waals surface area contributed by atoms with Crippen LogP contribution in [0.3, 0.4) is 0 Å². The van der Waals surface area contributed by atoms with E-state index in [-0.39, 0.29) is 5.82 Å². The lowest BCUT2D eigenvalue weighted by Gasteiger charge is -2.36. The largest absolute Gasteiger partial charge is 0.487 e. The Morgan fingerprint density at radius 3 is 2.29 bits per heavy atom. The molecule has 1 saturated heterocycles. The lowest BCUT2D eigenvalue weighted by Crippen LogP contribution is -2.48. The first-order chi connectivity index (χ1) is 15.1. The molecule has 160 valence electrons. The molecule has 0 amide bonds. The van der Waals surface area contributed by atoms with Crippen LogP contribution < -0.4 is 4.74 Å². The van der Waals surface area contributed by atoms with E-state index < -0.39 is 0 Å². The fraction of sp³-hybridized carbons (Fsp3) is 0.240. The van der Waals surface area contributed by atoms with Crippen molar-refractivity contribution in [2.75, 3.05) is 26.2 Å². The fourth-order valence-electron chi connectivity index (χ4n) is 3.63. The van der Waals surface area contributed by atoms with Crippen molar-refractivity contribution in [1.82, 2.24) is 9.80 Å². The SMILES string of the molecule is Fc1ccc(COc2ccc(C(=S)N3CCN(Cc4ccccc4)CC3)cc2Cl)cc1. The van der Waals surface area contributed by atoms with Crippen molar-refractivity contribution in [3.63, 3.8) is 0 Å². The molecule has 0 spiro atoms. The molecule has 0 saturated carbocycles. The Labute approximate surface area is 193 Å². The Balaban J connectivity index is 1.31. The number of thiocarbonyl (C=S) groups is 1. The second-order valence-corrected chi connectivity index (χ2v) is 8.41. The predicted molar refractivity (Wildman–Crippen MR) is 127 cm³/mol. The van der Waals surface area contributed by atoms with Gasteiger partial charge in [0.2, 0.25) is 0 Å². The summed E-state index contributed by atoms with van der Waals surface area (Å²) in [6.07, 6.45) is 0. The molecular weight excluding hydrogens is 431 g/mol. The highest BCUT2D eigenvalue weighted by molar-refractivity contribution is 7.80. The summed E-state index contributed by atoms with van der Waals surface area (Å²) in [5.41, 5.74) is 3.14. The summed E-state index contributed by atoms with van der Waals surface area (Å²) in [4.78, 5) is 5.50. The van der Waals surface area contributed by atoms with Gasteiger partial charge in [-0.3, -0.25) is 4.90 Å². The van der Waals surface area contributed by atoms with Gasteiger partial charge in [-0.1, -0.05) is 66.3 Å². The molecule has 4 rings (SSSR count). The number of rotatable bonds is 6. The van der Waals surface area contributed by atoms with Gasteiger partial charge < -0.3 is 9.64 Å². The van der Waals surface area contributed by atoms with Crippen LogP contribution in [-0.4, -0.2) is 41.0 Å². The van der Waals surface area contributed by atoms with Crippen molar-refractivity contribution in [3.8, 4) is 5.75 Å². The monoisotopic (exact) mass is 454 g/mol.